The van der Waals surface area contributed by atoms with Crippen molar-refractivity contribution in [3.8, 4) is 11.3 Å². The molecule has 1 N–H and O–H groups in total. The van der Waals surface area contributed by atoms with Crippen molar-refractivity contribution in [3.63, 3.8) is 0 Å². The van der Waals surface area contributed by atoms with Crippen LogP contribution >= 0.6 is 7.82 Å². The fraction of sp³-hybridized carbons (Fsp3) is 0.591. The number of rotatable bonds is 5. The van der Waals surface area contributed by atoms with E-state index < -0.39 is 20.0 Å². The van der Waals surface area contributed by atoms with E-state index in [0.29, 0.717) is 12.3 Å². The average molecular weight is 474 g/mol. The van der Waals surface area contributed by atoms with Gasteiger partial charge in [0.05, 0.1) is 44.3 Å². The molecular formula is C22H25N2Na2O5P. The topological polar surface area (TPSA) is 110 Å². The third-order valence-corrected chi connectivity index (χ3v) is 8.74. The number of phosphoric acid groups is 1. The Morgan fingerprint density at radius 1 is 1.19 bits per heavy atom. The Balaban J connectivity index is 0.00000122. The molecule has 4 saturated carbocycles. The van der Waals surface area contributed by atoms with Crippen molar-refractivity contribution in [2.45, 2.75) is 56.8 Å². The van der Waals surface area contributed by atoms with Crippen LogP contribution < -0.4 is 68.9 Å². The van der Waals surface area contributed by atoms with Crippen LogP contribution in [0.3, 0.4) is 0 Å². The van der Waals surface area contributed by atoms with Gasteiger partial charge in [0.1, 0.15) is 0 Å². The maximum atomic E-state index is 11.5. The second-order valence-corrected chi connectivity index (χ2v) is 11.0. The van der Waals surface area contributed by atoms with E-state index in [0.717, 1.165) is 37.8 Å². The summed E-state index contributed by atoms with van der Waals surface area (Å²) >= 11 is 0. The molecule has 4 aliphatic carbocycles. The van der Waals surface area contributed by atoms with Crippen molar-refractivity contribution in [1.82, 2.24) is 9.55 Å². The number of benzene rings is 1. The Labute approximate surface area is 232 Å². The molecule has 2 heterocycles. The zero-order chi connectivity index (χ0) is 20.7. The third kappa shape index (κ3) is 4.20. The molecule has 0 saturated heterocycles. The minimum Gasteiger partial charge on any atom is -0.790 e. The molecular weight excluding hydrogens is 449 g/mol. The molecule has 1 aromatic heterocycles. The van der Waals surface area contributed by atoms with Gasteiger partial charge in [-0.1, -0.05) is 24.3 Å². The van der Waals surface area contributed by atoms with Gasteiger partial charge in [-0.25, -0.2) is 4.98 Å². The van der Waals surface area contributed by atoms with E-state index in [1.807, 2.05) is 24.7 Å². The number of nitrogens with zero attached hydrogens (tertiary/aromatic N) is 2. The summed E-state index contributed by atoms with van der Waals surface area (Å²) < 4.78 is 18.4. The van der Waals surface area contributed by atoms with E-state index in [4.69, 9.17) is 4.52 Å². The molecule has 1 aliphatic heterocycles. The Morgan fingerprint density at radius 3 is 2.56 bits per heavy atom. The fourth-order valence-electron chi connectivity index (χ4n) is 7.40. The van der Waals surface area contributed by atoms with Crippen molar-refractivity contribution >= 4 is 7.82 Å². The minimum atomic E-state index is -5.00. The van der Waals surface area contributed by atoms with Gasteiger partial charge in [0.2, 0.25) is 0 Å². The number of hydrogen-bond donors (Lipinski definition) is 1. The van der Waals surface area contributed by atoms with Crippen molar-refractivity contribution in [3.05, 3.63) is 42.4 Å². The number of aliphatic hydroxyl groups excluding tert-OH is 1. The standard InChI is InChI=1S/C22H27N2O5P.2Na/c25-20(7-18-16-3-1-2-4-17(16)19-11-23-12-24(18)19)22-8-13-5-14(9-22)21(15(6-13)10-22)29-30(26,27)28;;/h1-4,11-15,18,20-21,25H,5-10H2,(H2,26,27,28);;/q;2*+1/p-2. The monoisotopic (exact) mass is 474 g/mol. The van der Waals surface area contributed by atoms with Crippen LogP contribution in [0.2, 0.25) is 0 Å². The molecule has 4 unspecified atom stereocenters. The van der Waals surface area contributed by atoms with Gasteiger partial charge in [0.15, 0.2) is 0 Å². The molecule has 2 aromatic rings. The molecule has 0 spiro atoms. The van der Waals surface area contributed by atoms with Crippen LogP contribution in [0.25, 0.3) is 11.3 Å². The number of aliphatic hydroxyl groups is 1. The van der Waals surface area contributed by atoms with Crippen LogP contribution in [0.5, 0.6) is 0 Å². The first-order chi connectivity index (χ1) is 14.3. The van der Waals surface area contributed by atoms with E-state index in [-0.39, 0.29) is 82.4 Å². The second-order valence-electron chi connectivity index (χ2n) is 9.89. The van der Waals surface area contributed by atoms with Gasteiger partial charge in [-0.2, -0.15) is 0 Å². The van der Waals surface area contributed by atoms with Gasteiger partial charge in [0.25, 0.3) is 0 Å². The van der Waals surface area contributed by atoms with E-state index in [2.05, 4.69) is 21.7 Å². The van der Waals surface area contributed by atoms with Crippen molar-refractivity contribution < 1.29 is 83.1 Å². The van der Waals surface area contributed by atoms with Crippen molar-refractivity contribution in [2.75, 3.05) is 0 Å². The molecule has 5 aliphatic rings. The Hall–Kier alpha value is 0.500. The number of phosphoric ester groups is 1. The molecule has 7 rings (SSSR count). The number of aromatic nitrogens is 2. The fourth-order valence-corrected chi connectivity index (χ4v) is 8.05. The predicted octanol–water partition coefficient (Wildman–Crippen LogP) is -3.75. The Morgan fingerprint density at radius 2 is 1.88 bits per heavy atom. The molecule has 7 nitrogen and oxygen atoms in total. The summed E-state index contributed by atoms with van der Waals surface area (Å²) in [5.41, 5.74) is 3.26. The molecule has 10 heteroatoms. The van der Waals surface area contributed by atoms with Gasteiger partial charge in [-0.15, -0.1) is 0 Å². The van der Waals surface area contributed by atoms with Gasteiger partial charge < -0.3 is 28.5 Å². The van der Waals surface area contributed by atoms with E-state index in [1.54, 1.807) is 0 Å². The molecule has 0 amide bonds. The van der Waals surface area contributed by atoms with Gasteiger partial charge in [0, 0.05) is 5.56 Å². The smallest absolute Gasteiger partial charge is 0.790 e. The largest absolute Gasteiger partial charge is 1.00 e. The van der Waals surface area contributed by atoms with Crippen molar-refractivity contribution in [2.24, 2.45) is 23.2 Å². The second kappa shape index (κ2) is 9.18. The molecule has 1 aromatic carbocycles. The van der Waals surface area contributed by atoms with E-state index in [1.165, 1.54) is 11.1 Å². The molecule has 4 bridgehead atoms. The third-order valence-electron chi connectivity index (χ3n) is 8.24. The molecule has 4 fully saturated rings. The van der Waals surface area contributed by atoms with Crippen LogP contribution in [0, 0.1) is 23.2 Å². The van der Waals surface area contributed by atoms with Gasteiger partial charge >= 0.3 is 59.1 Å². The number of fused-ring (bicyclic) bond motifs is 3. The summed E-state index contributed by atoms with van der Waals surface area (Å²) in [4.78, 5) is 26.9. The minimum absolute atomic E-state index is 0. The first kappa shape index (κ1) is 25.6. The maximum absolute atomic E-state index is 11.5. The van der Waals surface area contributed by atoms with Crippen LogP contribution in [-0.4, -0.2) is 26.9 Å². The zero-order valence-electron chi connectivity index (χ0n) is 18.6. The maximum Gasteiger partial charge on any atom is 1.00 e. The molecule has 4 atom stereocenters. The molecule has 160 valence electrons. The first-order valence-electron chi connectivity index (χ1n) is 10.8. The summed E-state index contributed by atoms with van der Waals surface area (Å²) in [6.07, 6.45) is 7.57. The summed E-state index contributed by atoms with van der Waals surface area (Å²) in [5.74, 6) is 0.568. The SMILES string of the molecule is O=P([O-])([O-])OC1C2CC3CC1CC(C(O)CC1c4ccccc4-c4cncn41)(C3)C2.[Na+].[Na+]. The summed E-state index contributed by atoms with van der Waals surface area (Å²) in [5, 5.41) is 11.5. The van der Waals surface area contributed by atoms with E-state index in [9.17, 15) is 19.5 Å². The summed E-state index contributed by atoms with van der Waals surface area (Å²) in [7, 11) is -5.00. The Kier molecular flexibility index (Phi) is 7.34. The van der Waals surface area contributed by atoms with Gasteiger partial charge in [-0.05, 0) is 67.3 Å². The number of imidazole rings is 1. The average Bonchev–Trinajstić information content (AvgIpc) is 3.26. The predicted molar refractivity (Wildman–Crippen MR) is 105 cm³/mol. The first-order valence-corrected chi connectivity index (χ1v) is 12.3. The van der Waals surface area contributed by atoms with E-state index >= 15 is 0 Å². The van der Waals surface area contributed by atoms with Crippen LogP contribution in [0.1, 0.15) is 50.1 Å². The molecule has 32 heavy (non-hydrogen) atoms. The summed E-state index contributed by atoms with van der Waals surface area (Å²) in [6, 6.07) is 8.35. The van der Waals surface area contributed by atoms with Crippen LogP contribution in [0.4, 0.5) is 0 Å². The quantitative estimate of drug-likeness (QED) is 0.352. The summed E-state index contributed by atoms with van der Waals surface area (Å²) in [6.45, 7) is 0. The Bertz CT molecular complexity index is 1030. The molecule has 0 radical (unpaired) electrons. The number of hydrogen-bond acceptors (Lipinski definition) is 6. The van der Waals surface area contributed by atoms with Crippen LogP contribution in [0.15, 0.2) is 36.8 Å². The zero-order valence-corrected chi connectivity index (χ0v) is 23.5. The van der Waals surface area contributed by atoms with Crippen LogP contribution in [-0.2, 0) is 9.09 Å². The van der Waals surface area contributed by atoms with Crippen molar-refractivity contribution in [1.29, 1.82) is 0 Å². The normalized spacial score (nSPS) is 34.9. The van der Waals surface area contributed by atoms with Gasteiger partial charge in [-0.3, -0.25) is 0 Å².